The van der Waals surface area contributed by atoms with Crippen molar-refractivity contribution in [2.24, 2.45) is 9.98 Å². The van der Waals surface area contributed by atoms with Gasteiger partial charge in [0.1, 0.15) is 0 Å². The summed E-state index contributed by atoms with van der Waals surface area (Å²) in [6.07, 6.45) is 24.0. The highest BCUT2D eigenvalue weighted by atomic mass is 14.8. The van der Waals surface area contributed by atoms with E-state index >= 15 is 0 Å². The Kier molecular flexibility index (Phi) is 18.4. The summed E-state index contributed by atoms with van der Waals surface area (Å²) >= 11 is 0. The van der Waals surface area contributed by atoms with Crippen LogP contribution in [0.5, 0.6) is 0 Å². The average molecular weight is 573 g/mol. The van der Waals surface area contributed by atoms with E-state index in [1.165, 1.54) is 125 Å². The number of aliphatic imine (C=N–C) groups is 2. The summed E-state index contributed by atoms with van der Waals surface area (Å²) in [6, 6.07) is 11.6. The fraction of sp³-hybridized carbons (Fsp3) is 0.650. The van der Waals surface area contributed by atoms with Gasteiger partial charge in [0.25, 0.3) is 0 Å². The first-order valence-corrected chi connectivity index (χ1v) is 17.8. The standard InChI is InChI=1S/C40H64N2/c1-8-13-16-19-20-23-24-34-27-28-37(30-35(34)25-21-17-14-9-2)42-40(12-5)33(7)41-38-29-32(6)39(11-4)36(31-38)26-22-18-15-10-3/h27-31H,8-26H2,1-7H3. The molecule has 0 amide bonds. The zero-order chi connectivity index (χ0) is 30.6. The van der Waals surface area contributed by atoms with Gasteiger partial charge < -0.3 is 0 Å². The van der Waals surface area contributed by atoms with Gasteiger partial charge in [-0.05, 0) is 117 Å². The summed E-state index contributed by atoms with van der Waals surface area (Å²) in [7, 11) is 0. The van der Waals surface area contributed by atoms with Crippen molar-refractivity contribution in [3.63, 3.8) is 0 Å². The maximum atomic E-state index is 5.18. The van der Waals surface area contributed by atoms with Crippen molar-refractivity contribution in [1.29, 1.82) is 0 Å². The highest BCUT2D eigenvalue weighted by molar-refractivity contribution is 6.42. The number of hydrogen-bond acceptors (Lipinski definition) is 2. The van der Waals surface area contributed by atoms with Crippen molar-refractivity contribution in [3.05, 3.63) is 58.1 Å². The van der Waals surface area contributed by atoms with Gasteiger partial charge >= 0.3 is 0 Å². The smallest absolute Gasteiger partial charge is 0.0639 e. The third kappa shape index (κ3) is 13.0. The zero-order valence-corrected chi connectivity index (χ0v) is 28.7. The molecule has 0 N–H and O–H groups in total. The third-order valence-electron chi connectivity index (χ3n) is 8.81. The Morgan fingerprint density at radius 1 is 0.548 bits per heavy atom. The minimum atomic E-state index is 0.885. The molecule has 0 aliphatic heterocycles. The van der Waals surface area contributed by atoms with Gasteiger partial charge in [-0.15, -0.1) is 0 Å². The van der Waals surface area contributed by atoms with E-state index in [2.05, 4.69) is 78.8 Å². The quantitative estimate of drug-likeness (QED) is 0.0990. The molecular formula is C40H64N2. The molecule has 0 atom stereocenters. The Bertz CT molecular complexity index is 1090. The van der Waals surface area contributed by atoms with Crippen molar-refractivity contribution < 1.29 is 0 Å². The van der Waals surface area contributed by atoms with Crippen LogP contribution in [0.15, 0.2) is 40.3 Å². The second-order valence-electron chi connectivity index (χ2n) is 12.5. The van der Waals surface area contributed by atoms with Crippen LogP contribution in [0.1, 0.15) is 166 Å². The SMILES string of the molecule is CCCCCCCCc1ccc(N=C(CC)C(C)=Nc2cc(C)c(CC)c(CCCCCC)c2)cc1CCCCCC. The molecular weight excluding hydrogens is 508 g/mol. The number of nitrogens with zero attached hydrogens (tertiary/aromatic N) is 2. The Hall–Kier alpha value is -2.22. The summed E-state index contributed by atoms with van der Waals surface area (Å²) < 4.78 is 0. The Morgan fingerprint density at radius 2 is 1.07 bits per heavy atom. The van der Waals surface area contributed by atoms with Crippen molar-refractivity contribution >= 4 is 22.8 Å². The molecule has 0 bridgehead atoms. The van der Waals surface area contributed by atoms with Crippen molar-refractivity contribution in [2.75, 3.05) is 0 Å². The lowest BCUT2D eigenvalue weighted by molar-refractivity contribution is 0.605. The van der Waals surface area contributed by atoms with E-state index in [1.54, 1.807) is 5.56 Å². The molecule has 234 valence electrons. The van der Waals surface area contributed by atoms with Crippen molar-refractivity contribution in [2.45, 2.75) is 170 Å². The van der Waals surface area contributed by atoms with E-state index in [1.807, 2.05) is 0 Å². The van der Waals surface area contributed by atoms with Gasteiger partial charge in [-0.1, -0.05) is 111 Å². The van der Waals surface area contributed by atoms with E-state index in [0.717, 1.165) is 42.1 Å². The lowest BCUT2D eigenvalue weighted by Crippen LogP contribution is -2.09. The lowest BCUT2D eigenvalue weighted by atomic mass is 9.94. The molecule has 2 nitrogen and oxygen atoms in total. The van der Waals surface area contributed by atoms with Crippen LogP contribution in [0, 0.1) is 6.92 Å². The van der Waals surface area contributed by atoms with Gasteiger partial charge in [0, 0.05) is 0 Å². The average Bonchev–Trinajstić information content (AvgIpc) is 2.98. The molecule has 0 aliphatic carbocycles. The molecule has 42 heavy (non-hydrogen) atoms. The first-order chi connectivity index (χ1) is 20.5. The summed E-state index contributed by atoms with van der Waals surface area (Å²) in [5.74, 6) is 0. The van der Waals surface area contributed by atoms with Gasteiger partial charge in [-0.2, -0.15) is 0 Å². The Balaban J connectivity index is 2.26. The number of aryl methyl sites for hydroxylation is 4. The largest absolute Gasteiger partial charge is 0.252 e. The summed E-state index contributed by atoms with van der Waals surface area (Å²) in [5, 5.41) is 0. The normalized spacial score (nSPS) is 12.4. The topological polar surface area (TPSA) is 24.7 Å². The van der Waals surface area contributed by atoms with E-state index in [9.17, 15) is 0 Å². The molecule has 2 heteroatoms. The predicted octanol–water partition coefficient (Wildman–Crippen LogP) is 13.0. The fourth-order valence-corrected chi connectivity index (χ4v) is 6.23. The number of rotatable bonds is 22. The molecule has 2 aromatic rings. The number of hydrogen-bond donors (Lipinski definition) is 0. The van der Waals surface area contributed by atoms with Crippen LogP contribution in [0.2, 0.25) is 0 Å². The van der Waals surface area contributed by atoms with E-state index in [4.69, 9.17) is 9.98 Å². The predicted molar refractivity (Wildman–Crippen MR) is 190 cm³/mol. The minimum Gasteiger partial charge on any atom is -0.252 e. The van der Waals surface area contributed by atoms with Crippen LogP contribution in [-0.2, 0) is 25.7 Å². The molecule has 0 aromatic heterocycles. The van der Waals surface area contributed by atoms with Crippen LogP contribution in [-0.4, -0.2) is 11.4 Å². The highest BCUT2D eigenvalue weighted by Crippen LogP contribution is 2.27. The zero-order valence-electron chi connectivity index (χ0n) is 28.7. The molecule has 0 saturated carbocycles. The molecule has 0 unspecified atom stereocenters. The van der Waals surface area contributed by atoms with Crippen molar-refractivity contribution in [3.8, 4) is 0 Å². The fourth-order valence-electron chi connectivity index (χ4n) is 6.23. The second-order valence-corrected chi connectivity index (χ2v) is 12.5. The third-order valence-corrected chi connectivity index (χ3v) is 8.81. The van der Waals surface area contributed by atoms with E-state index in [0.29, 0.717) is 0 Å². The highest BCUT2D eigenvalue weighted by Gasteiger charge is 2.10. The van der Waals surface area contributed by atoms with Crippen molar-refractivity contribution in [1.82, 2.24) is 0 Å². The summed E-state index contributed by atoms with van der Waals surface area (Å²) in [4.78, 5) is 10.3. The van der Waals surface area contributed by atoms with Crippen LogP contribution < -0.4 is 0 Å². The Labute approximate surface area is 260 Å². The first-order valence-electron chi connectivity index (χ1n) is 17.8. The summed E-state index contributed by atoms with van der Waals surface area (Å²) in [6.45, 7) is 15.8. The molecule has 2 rings (SSSR count). The van der Waals surface area contributed by atoms with Gasteiger partial charge in [0.2, 0.25) is 0 Å². The molecule has 0 spiro atoms. The van der Waals surface area contributed by atoms with Gasteiger partial charge in [0.15, 0.2) is 0 Å². The molecule has 2 aromatic carbocycles. The lowest BCUT2D eigenvalue weighted by Gasteiger charge is -2.14. The first kappa shape index (κ1) is 36.0. The van der Waals surface area contributed by atoms with Gasteiger partial charge in [-0.3, -0.25) is 9.98 Å². The van der Waals surface area contributed by atoms with Crippen LogP contribution >= 0.6 is 0 Å². The maximum absolute atomic E-state index is 5.18. The van der Waals surface area contributed by atoms with Gasteiger partial charge in [0.05, 0.1) is 22.8 Å². The molecule has 0 saturated heterocycles. The molecule has 0 radical (unpaired) electrons. The van der Waals surface area contributed by atoms with Crippen LogP contribution in [0.4, 0.5) is 11.4 Å². The van der Waals surface area contributed by atoms with E-state index in [-0.39, 0.29) is 0 Å². The molecule has 0 heterocycles. The van der Waals surface area contributed by atoms with E-state index < -0.39 is 0 Å². The number of unbranched alkanes of at least 4 members (excludes halogenated alkanes) is 11. The maximum Gasteiger partial charge on any atom is 0.0639 e. The van der Waals surface area contributed by atoms with Gasteiger partial charge in [-0.25, -0.2) is 0 Å². The second kappa shape index (κ2) is 21.5. The summed E-state index contributed by atoms with van der Waals surface area (Å²) in [5.41, 5.74) is 11.7. The van der Waals surface area contributed by atoms with Crippen LogP contribution in [0.25, 0.3) is 0 Å². The Morgan fingerprint density at radius 3 is 1.67 bits per heavy atom. The van der Waals surface area contributed by atoms with Crippen LogP contribution in [0.3, 0.4) is 0 Å². The minimum absolute atomic E-state index is 0.885. The molecule has 0 aliphatic rings. The number of benzene rings is 2. The monoisotopic (exact) mass is 573 g/mol. The molecule has 0 fully saturated rings.